The summed E-state index contributed by atoms with van der Waals surface area (Å²) in [6.45, 7) is 0. The summed E-state index contributed by atoms with van der Waals surface area (Å²) in [5, 5.41) is 28.8. The van der Waals surface area contributed by atoms with Gasteiger partial charge in [-0.3, -0.25) is 0 Å². The first-order chi connectivity index (χ1) is 6.58. The number of hydrogen-bond donors (Lipinski definition) is 3. The highest BCUT2D eigenvalue weighted by atomic mass is 32.2. The third-order valence-electron chi connectivity index (χ3n) is 1.83. The Morgan fingerprint density at radius 1 is 0.929 bits per heavy atom. The third kappa shape index (κ3) is 4.63. The zero-order valence-electron chi connectivity index (χ0n) is 8.58. The van der Waals surface area contributed by atoms with Crippen molar-refractivity contribution in [2.45, 2.75) is 22.9 Å². The molecule has 0 rings (SSSR count). The molecule has 14 heavy (non-hydrogen) atoms. The lowest BCUT2D eigenvalue weighted by Gasteiger charge is -2.27. The van der Waals surface area contributed by atoms with Gasteiger partial charge in [-0.2, -0.15) is 11.8 Å². The van der Waals surface area contributed by atoms with Crippen LogP contribution in [0.4, 0.5) is 0 Å². The van der Waals surface area contributed by atoms with Crippen molar-refractivity contribution in [2.75, 3.05) is 24.5 Å². The predicted molar refractivity (Wildman–Crippen MR) is 67.2 cm³/mol. The highest BCUT2D eigenvalue weighted by molar-refractivity contribution is 8.16. The Bertz CT molecular complexity index is 144. The Kier molecular flexibility index (Phi) is 8.66. The zero-order valence-corrected chi connectivity index (χ0v) is 11.0. The van der Waals surface area contributed by atoms with E-state index in [2.05, 4.69) is 0 Å². The highest BCUT2D eigenvalue weighted by Gasteiger charge is 2.30. The van der Waals surface area contributed by atoms with Crippen LogP contribution in [0.2, 0.25) is 0 Å². The molecule has 0 aromatic carbocycles. The second kappa shape index (κ2) is 8.13. The van der Waals surface area contributed by atoms with Crippen molar-refractivity contribution >= 4 is 35.3 Å². The minimum atomic E-state index is -1.06. The van der Waals surface area contributed by atoms with Crippen molar-refractivity contribution in [3.05, 3.63) is 0 Å². The van der Waals surface area contributed by atoms with Crippen LogP contribution in [0.25, 0.3) is 0 Å². The predicted octanol–water partition coefficient (Wildman–Crippen LogP) is 0.484. The average molecular weight is 258 g/mol. The molecular weight excluding hydrogens is 240 g/mol. The van der Waals surface area contributed by atoms with E-state index in [4.69, 9.17) is 0 Å². The van der Waals surface area contributed by atoms with E-state index in [1.54, 1.807) is 0 Å². The summed E-state index contributed by atoms with van der Waals surface area (Å²) in [5.74, 6) is 0.438. The molecule has 0 spiro atoms. The fraction of sp³-hybridized carbons (Fsp3) is 1.00. The van der Waals surface area contributed by atoms with Crippen LogP contribution in [0.3, 0.4) is 0 Å². The van der Waals surface area contributed by atoms with Crippen LogP contribution < -0.4 is 0 Å². The second-order valence-electron chi connectivity index (χ2n) is 2.84. The summed E-state index contributed by atoms with van der Waals surface area (Å²) >= 11 is 4.40. The number of thioether (sulfide) groups is 3. The van der Waals surface area contributed by atoms with Gasteiger partial charge >= 0.3 is 0 Å². The minimum absolute atomic E-state index is 0.0958. The molecule has 86 valence electrons. The monoisotopic (exact) mass is 258 g/mol. The standard InChI is InChI=1S/C8H18O3S3/c1-12-4-5(9)6(10)7(11)8(13-2)14-3/h5-11H,4H2,1-3H3/t5-,6-,7-/m1/s1. The molecule has 0 aliphatic heterocycles. The van der Waals surface area contributed by atoms with Gasteiger partial charge in [0.25, 0.3) is 0 Å². The van der Waals surface area contributed by atoms with Crippen LogP contribution >= 0.6 is 35.3 Å². The first kappa shape index (κ1) is 14.9. The maximum atomic E-state index is 9.71. The molecule has 0 aromatic heterocycles. The largest absolute Gasteiger partial charge is 0.389 e. The quantitative estimate of drug-likeness (QED) is 0.578. The Morgan fingerprint density at radius 2 is 1.43 bits per heavy atom. The smallest absolute Gasteiger partial charge is 0.108 e. The van der Waals surface area contributed by atoms with E-state index >= 15 is 0 Å². The lowest BCUT2D eigenvalue weighted by Crippen LogP contribution is -2.43. The minimum Gasteiger partial charge on any atom is -0.389 e. The van der Waals surface area contributed by atoms with Crippen LogP contribution in [-0.2, 0) is 0 Å². The molecule has 0 saturated carbocycles. The van der Waals surface area contributed by atoms with E-state index < -0.39 is 18.3 Å². The SMILES string of the molecule is CSC[C@@H](O)[C@@H](O)[C@@H](O)C(SC)SC. The van der Waals surface area contributed by atoms with Crippen molar-refractivity contribution in [3.8, 4) is 0 Å². The topological polar surface area (TPSA) is 60.7 Å². The highest BCUT2D eigenvalue weighted by Crippen LogP contribution is 2.25. The van der Waals surface area contributed by atoms with E-state index in [0.717, 1.165) is 0 Å². The van der Waals surface area contributed by atoms with Gasteiger partial charge in [0.1, 0.15) is 12.2 Å². The molecule has 3 atom stereocenters. The molecule has 0 saturated heterocycles. The van der Waals surface area contributed by atoms with Gasteiger partial charge in [0.2, 0.25) is 0 Å². The summed E-state index contributed by atoms with van der Waals surface area (Å²) < 4.78 is -0.0958. The number of hydrogen-bond acceptors (Lipinski definition) is 6. The van der Waals surface area contributed by atoms with E-state index in [9.17, 15) is 15.3 Å². The van der Waals surface area contributed by atoms with E-state index in [0.29, 0.717) is 5.75 Å². The molecule has 3 N–H and O–H groups in total. The van der Waals surface area contributed by atoms with E-state index in [1.807, 2.05) is 18.8 Å². The summed E-state index contributed by atoms with van der Waals surface area (Å²) in [6.07, 6.45) is 2.79. The summed E-state index contributed by atoms with van der Waals surface area (Å²) in [6, 6.07) is 0. The van der Waals surface area contributed by atoms with Gasteiger partial charge in [-0.25, -0.2) is 0 Å². The summed E-state index contributed by atoms with van der Waals surface area (Å²) in [4.78, 5) is 0. The van der Waals surface area contributed by atoms with Crippen molar-refractivity contribution in [2.24, 2.45) is 0 Å². The van der Waals surface area contributed by atoms with Crippen molar-refractivity contribution in [1.29, 1.82) is 0 Å². The maximum absolute atomic E-state index is 9.71. The van der Waals surface area contributed by atoms with Gasteiger partial charge in [0.15, 0.2) is 0 Å². The molecule has 0 aliphatic carbocycles. The van der Waals surface area contributed by atoms with Crippen LogP contribution in [0, 0.1) is 0 Å². The molecule has 0 fully saturated rings. The molecule has 0 radical (unpaired) electrons. The first-order valence-electron chi connectivity index (χ1n) is 4.17. The Hall–Kier alpha value is 0.930. The van der Waals surface area contributed by atoms with Gasteiger partial charge in [-0.15, -0.1) is 23.5 Å². The van der Waals surface area contributed by atoms with Gasteiger partial charge in [-0.1, -0.05) is 0 Å². The Labute approximate surface area is 98.0 Å². The molecule has 0 bridgehead atoms. The average Bonchev–Trinajstić information content (AvgIpc) is 2.18. The van der Waals surface area contributed by atoms with Gasteiger partial charge in [0, 0.05) is 5.75 Å². The maximum Gasteiger partial charge on any atom is 0.108 e. The van der Waals surface area contributed by atoms with Crippen LogP contribution in [0.5, 0.6) is 0 Å². The van der Waals surface area contributed by atoms with Crippen molar-refractivity contribution in [3.63, 3.8) is 0 Å². The number of rotatable bonds is 7. The molecule has 0 unspecified atom stereocenters. The lowest BCUT2D eigenvalue weighted by atomic mass is 10.1. The van der Waals surface area contributed by atoms with Crippen LogP contribution in [0.15, 0.2) is 0 Å². The van der Waals surface area contributed by atoms with Crippen LogP contribution in [-0.4, -0.2) is 62.7 Å². The molecule has 0 heterocycles. The molecular formula is C8H18O3S3. The first-order valence-corrected chi connectivity index (χ1v) is 8.14. The number of aliphatic hydroxyl groups is 3. The molecule has 6 heteroatoms. The number of aliphatic hydroxyl groups excluding tert-OH is 3. The molecule has 0 aromatic rings. The lowest BCUT2D eigenvalue weighted by molar-refractivity contribution is -0.0427. The van der Waals surface area contributed by atoms with E-state index in [-0.39, 0.29) is 4.58 Å². The van der Waals surface area contributed by atoms with Crippen molar-refractivity contribution < 1.29 is 15.3 Å². The van der Waals surface area contributed by atoms with Gasteiger partial charge in [0.05, 0.1) is 10.7 Å². The third-order valence-corrected chi connectivity index (χ3v) is 5.14. The van der Waals surface area contributed by atoms with Crippen molar-refractivity contribution in [1.82, 2.24) is 0 Å². The molecule has 3 nitrogen and oxygen atoms in total. The van der Waals surface area contributed by atoms with Crippen LogP contribution in [0.1, 0.15) is 0 Å². The molecule has 0 aliphatic rings. The summed E-state index contributed by atoms with van der Waals surface area (Å²) in [5.41, 5.74) is 0. The normalized spacial score (nSPS) is 18.2. The Morgan fingerprint density at radius 3 is 1.79 bits per heavy atom. The summed E-state index contributed by atoms with van der Waals surface area (Å²) in [7, 11) is 0. The van der Waals surface area contributed by atoms with Gasteiger partial charge in [-0.05, 0) is 18.8 Å². The van der Waals surface area contributed by atoms with Gasteiger partial charge < -0.3 is 15.3 Å². The Balaban J connectivity index is 4.13. The fourth-order valence-corrected chi connectivity index (χ4v) is 3.22. The van der Waals surface area contributed by atoms with E-state index in [1.165, 1.54) is 35.3 Å². The molecule has 0 amide bonds. The fourth-order valence-electron chi connectivity index (χ4n) is 1.03. The zero-order chi connectivity index (χ0) is 11.1. The second-order valence-corrected chi connectivity index (χ2v) is 6.01.